The van der Waals surface area contributed by atoms with Crippen molar-refractivity contribution in [3.63, 3.8) is 0 Å². The van der Waals surface area contributed by atoms with Crippen molar-refractivity contribution < 1.29 is 14.6 Å². The van der Waals surface area contributed by atoms with Crippen LogP contribution in [0, 0.1) is 0 Å². The fraction of sp³-hybridized carbons (Fsp3) is 0.300. The standard InChI is InChI=1S/C10H11ClO3S/c1-14-6-9(10(12)13)15-8-5-3-2-4-7(8)11/h2-5,9H,6H2,1H3,(H,12,13). The van der Waals surface area contributed by atoms with Crippen molar-refractivity contribution in [3.8, 4) is 0 Å². The van der Waals surface area contributed by atoms with Crippen molar-refractivity contribution in [1.29, 1.82) is 0 Å². The van der Waals surface area contributed by atoms with Crippen LogP contribution in [0.5, 0.6) is 0 Å². The summed E-state index contributed by atoms with van der Waals surface area (Å²) in [7, 11) is 1.48. The molecule has 0 aliphatic heterocycles. The van der Waals surface area contributed by atoms with Crippen molar-refractivity contribution >= 4 is 29.3 Å². The van der Waals surface area contributed by atoms with Gasteiger partial charge in [0.2, 0.25) is 0 Å². The van der Waals surface area contributed by atoms with Gasteiger partial charge in [-0.3, -0.25) is 4.79 Å². The zero-order valence-electron chi connectivity index (χ0n) is 8.14. The summed E-state index contributed by atoms with van der Waals surface area (Å²) in [5.41, 5.74) is 0. The number of hydrogen-bond acceptors (Lipinski definition) is 3. The molecule has 1 aromatic rings. The summed E-state index contributed by atoms with van der Waals surface area (Å²) < 4.78 is 4.83. The number of thioether (sulfide) groups is 1. The molecular formula is C10H11ClO3S. The van der Waals surface area contributed by atoms with E-state index < -0.39 is 11.2 Å². The van der Waals surface area contributed by atoms with Crippen LogP contribution in [0.15, 0.2) is 29.2 Å². The maximum atomic E-state index is 10.9. The van der Waals surface area contributed by atoms with E-state index in [0.29, 0.717) is 5.02 Å². The van der Waals surface area contributed by atoms with Gasteiger partial charge in [-0.2, -0.15) is 0 Å². The topological polar surface area (TPSA) is 46.5 Å². The van der Waals surface area contributed by atoms with Gasteiger partial charge in [0.1, 0.15) is 5.25 Å². The molecule has 1 rings (SSSR count). The van der Waals surface area contributed by atoms with E-state index in [1.165, 1.54) is 18.9 Å². The second-order valence-electron chi connectivity index (χ2n) is 2.83. The zero-order valence-corrected chi connectivity index (χ0v) is 9.72. The number of carboxylic acids is 1. The summed E-state index contributed by atoms with van der Waals surface area (Å²) in [6.07, 6.45) is 0. The van der Waals surface area contributed by atoms with Crippen LogP contribution in [0.1, 0.15) is 0 Å². The molecule has 0 fully saturated rings. The Morgan fingerprint density at radius 3 is 2.80 bits per heavy atom. The number of hydrogen-bond donors (Lipinski definition) is 1. The summed E-state index contributed by atoms with van der Waals surface area (Å²) in [6, 6.07) is 7.15. The molecule has 1 unspecified atom stereocenters. The smallest absolute Gasteiger partial charge is 0.319 e. The van der Waals surface area contributed by atoms with E-state index in [2.05, 4.69) is 0 Å². The number of methoxy groups -OCH3 is 1. The SMILES string of the molecule is COCC(Sc1ccccc1Cl)C(=O)O. The first-order chi connectivity index (χ1) is 7.15. The number of carboxylic acid groups (broad SMARTS) is 1. The predicted octanol–water partition coefficient (Wildman–Crippen LogP) is 2.53. The molecule has 15 heavy (non-hydrogen) atoms. The first-order valence-electron chi connectivity index (χ1n) is 4.28. The van der Waals surface area contributed by atoms with Gasteiger partial charge < -0.3 is 9.84 Å². The average Bonchev–Trinajstić information content (AvgIpc) is 2.20. The lowest BCUT2D eigenvalue weighted by Gasteiger charge is -2.11. The number of halogens is 1. The Bertz CT molecular complexity index is 343. The van der Waals surface area contributed by atoms with Crippen LogP contribution in [-0.4, -0.2) is 30.0 Å². The molecule has 0 saturated heterocycles. The molecule has 0 aliphatic carbocycles. The molecule has 3 nitrogen and oxygen atoms in total. The van der Waals surface area contributed by atoms with Crippen LogP contribution in [-0.2, 0) is 9.53 Å². The van der Waals surface area contributed by atoms with Gasteiger partial charge >= 0.3 is 5.97 Å². The van der Waals surface area contributed by atoms with Crippen LogP contribution in [0.25, 0.3) is 0 Å². The van der Waals surface area contributed by atoms with Gasteiger partial charge in [-0.15, -0.1) is 11.8 Å². The zero-order chi connectivity index (χ0) is 11.3. The molecule has 1 N–H and O–H groups in total. The Morgan fingerprint density at radius 1 is 1.60 bits per heavy atom. The molecule has 0 spiro atoms. The Hall–Kier alpha value is -0.710. The molecule has 0 heterocycles. The van der Waals surface area contributed by atoms with E-state index in [4.69, 9.17) is 21.4 Å². The monoisotopic (exact) mass is 246 g/mol. The molecule has 0 amide bonds. The van der Waals surface area contributed by atoms with Gasteiger partial charge in [-0.1, -0.05) is 23.7 Å². The second-order valence-corrected chi connectivity index (χ2v) is 4.48. The van der Waals surface area contributed by atoms with E-state index in [0.717, 1.165) is 4.90 Å². The van der Waals surface area contributed by atoms with Gasteiger partial charge in [0, 0.05) is 12.0 Å². The van der Waals surface area contributed by atoms with Crippen molar-refractivity contribution in [2.24, 2.45) is 0 Å². The third-order valence-corrected chi connectivity index (χ3v) is 3.37. The maximum Gasteiger partial charge on any atom is 0.319 e. The van der Waals surface area contributed by atoms with Crippen molar-refractivity contribution in [2.75, 3.05) is 13.7 Å². The lowest BCUT2D eigenvalue weighted by atomic mass is 10.4. The Balaban J connectivity index is 2.74. The maximum absolute atomic E-state index is 10.9. The van der Waals surface area contributed by atoms with Crippen LogP contribution in [0.3, 0.4) is 0 Å². The molecular weight excluding hydrogens is 236 g/mol. The Labute approximate surface area is 97.4 Å². The molecule has 0 aliphatic rings. The second kappa shape index (κ2) is 6.00. The van der Waals surface area contributed by atoms with Crippen LogP contribution in [0.4, 0.5) is 0 Å². The molecule has 0 bridgehead atoms. The van der Waals surface area contributed by atoms with Gasteiger partial charge in [-0.25, -0.2) is 0 Å². The molecule has 0 saturated carbocycles. The summed E-state index contributed by atoms with van der Waals surface area (Å²) in [5.74, 6) is -0.901. The highest BCUT2D eigenvalue weighted by Crippen LogP contribution is 2.30. The normalized spacial score (nSPS) is 12.4. The highest BCUT2D eigenvalue weighted by atomic mass is 35.5. The van der Waals surface area contributed by atoms with Gasteiger partial charge in [-0.05, 0) is 12.1 Å². The fourth-order valence-electron chi connectivity index (χ4n) is 1.00. The molecule has 82 valence electrons. The predicted molar refractivity (Wildman–Crippen MR) is 60.6 cm³/mol. The average molecular weight is 247 g/mol. The number of carbonyl (C=O) groups is 1. The first-order valence-corrected chi connectivity index (χ1v) is 5.54. The number of ether oxygens (including phenoxy) is 1. The van der Waals surface area contributed by atoms with E-state index in [1.54, 1.807) is 18.2 Å². The highest BCUT2D eigenvalue weighted by Gasteiger charge is 2.19. The molecule has 0 aromatic heterocycles. The van der Waals surface area contributed by atoms with Crippen molar-refractivity contribution in [1.82, 2.24) is 0 Å². The first kappa shape index (κ1) is 12.4. The number of benzene rings is 1. The van der Waals surface area contributed by atoms with Crippen LogP contribution < -0.4 is 0 Å². The number of aliphatic carboxylic acids is 1. The van der Waals surface area contributed by atoms with Gasteiger partial charge in [0.25, 0.3) is 0 Å². The Morgan fingerprint density at radius 2 is 2.27 bits per heavy atom. The lowest BCUT2D eigenvalue weighted by Crippen LogP contribution is -2.21. The molecule has 1 aromatic carbocycles. The number of rotatable bonds is 5. The largest absolute Gasteiger partial charge is 0.480 e. The molecule has 5 heteroatoms. The van der Waals surface area contributed by atoms with Crippen LogP contribution in [0.2, 0.25) is 5.02 Å². The van der Waals surface area contributed by atoms with Gasteiger partial charge in [0.15, 0.2) is 0 Å². The minimum atomic E-state index is -0.901. The van der Waals surface area contributed by atoms with Crippen LogP contribution >= 0.6 is 23.4 Å². The quantitative estimate of drug-likeness (QED) is 0.811. The van der Waals surface area contributed by atoms with E-state index in [9.17, 15) is 4.79 Å². The van der Waals surface area contributed by atoms with E-state index in [1.807, 2.05) is 6.07 Å². The highest BCUT2D eigenvalue weighted by molar-refractivity contribution is 8.00. The minimum Gasteiger partial charge on any atom is -0.480 e. The van der Waals surface area contributed by atoms with E-state index in [-0.39, 0.29) is 6.61 Å². The lowest BCUT2D eigenvalue weighted by molar-refractivity contribution is -0.137. The fourth-order valence-corrected chi connectivity index (χ4v) is 2.22. The van der Waals surface area contributed by atoms with E-state index >= 15 is 0 Å². The van der Waals surface area contributed by atoms with Crippen molar-refractivity contribution in [3.05, 3.63) is 29.3 Å². The summed E-state index contributed by atoms with van der Waals surface area (Å²) in [4.78, 5) is 11.6. The summed E-state index contributed by atoms with van der Waals surface area (Å²) in [6.45, 7) is 0.158. The van der Waals surface area contributed by atoms with Crippen molar-refractivity contribution in [2.45, 2.75) is 10.1 Å². The molecule has 1 atom stereocenters. The summed E-state index contributed by atoms with van der Waals surface area (Å²) in [5, 5.41) is 8.84. The third kappa shape index (κ3) is 3.74. The minimum absolute atomic E-state index is 0.158. The third-order valence-electron chi connectivity index (χ3n) is 1.70. The van der Waals surface area contributed by atoms with Gasteiger partial charge in [0.05, 0.1) is 11.6 Å². The Kier molecular flexibility index (Phi) is 4.94. The summed E-state index contributed by atoms with van der Waals surface area (Å²) >= 11 is 7.11. The molecule has 0 radical (unpaired) electrons.